The number of rotatable bonds is 4. The Hall–Kier alpha value is -2.13. The highest BCUT2D eigenvalue weighted by Crippen LogP contribution is 2.22. The summed E-state index contributed by atoms with van der Waals surface area (Å²) in [6, 6.07) is 16.7. The van der Waals surface area contributed by atoms with E-state index in [1.807, 2.05) is 25.1 Å². The fraction of sp³-hybridized carbons (Fsp3) is 0.381. The number of aryl methyl sites for hydroxylation is 2. The maximum atomic E-state index is 12.5. The molecular weight excluding hydrogens is 296 g/mol. The van der Waals surface area contributed by atoms with Crippen LogP contribution in [0.25, 0.3) is 0 Å². The number of carbonyl (C=O) groups excluding carboxylic acids is 1. The second-order valence-corrected chi connectivity index (χ2v) is 6.84. The molecule has 0 saturated carbocycles. The Balaban J connectivity index is 1.51. The van der Waals surface area contributed by atoms with Gasteiger partial charge in [-0.2, -0.15) is 0 Å². The molecule has 1 heterocycles. The zero-order valence-corrected chi connectivity index (χ0v) is 14.6. The number of nitrogens with one attached hydrogen (secondary N) is 1. The molecule has 3 nitrogen and oxygen atoms in total. The van der Waals surface area contributed by atoms with E-state index in [0.717, 1.165) is 43.7 Å². The van der Waals surface area contributed by atoms with Crippen LogP contribution in [0.5, 0.6) is 0 Å². The number of benzene rings is 2. The summed E-state index contributed by atoms with van der Waals surface area (Å²) < 4.78 is 0. The van der Waals surface area contributed by atoms with Crippen LogP contribution in [0.1, 0.15) is 29.5 Å². The highest BCUT2D eigenvalue weighted by molar-refractivity contribution is 5.93. The van der Waals surface area contributed by atoms with Gasteiger partial charge in [0.15, 0.2) is 0 Å². The molecule has 0 bridgehead atoms. The number of anilines is 1. The van der Waals surface area contributed by atoms with Gasteiger partial charge in [-0.3, -0.25) is 9.69 Å². The molecule has 0 unspecified atom stereocenters. The Kier molecular flexibility index (Phi) is 5.31. The van der Waals surface area contributed by atoms with Crippen molar-refractivity contribution in [2.24, 2.45) is 5.92 Å². The molecule has 1 aliphatic heterocycles. The lowest BCUT2D eigenvalue weighted by atomic mass is 9.95. The molecule has 0 atom stereocenters. The molecule has 0 aromatic heterocycles. The van der Waals surface area contributed by atoms with Gasteiger partial charge in [0, 0.05) is 18.2 Å². The Morgan fingerprint density at radius 3 is 2.46 bits per heavy atom. The van der Waals surface area contributed by atoms with E-state index >= 15 is 0 Å². The summed E-state index contributed by atoms with van der Waals surface area (Å²) in [5.74, 6) is 0.291. The van der Waals surface area contributed by atoms with Crippen LogP contribution in [-0.2, 0) is 11.3 Å². The molecule has 3 rings (SSSR count). The van der Waals surface area contributed by atoms with Crippen molar-refractivity contribution in [2.75, 3.05) is 18.4 Å². The first-order valence-corrected chi connectivity index (χ1v) is 8.76. The second-order valence-electron chi connectivity index (χ2n) is 6.84. The number of likely N-dealkylation sites (tertiary alicyclic amines) is 1. The van der Waals surface area contributed by atoms with Gasteiger partial charge in [-0.1, -0.05) is 48.0 Å². The fourth-order valence-electron chi connectivity index (χ4n) is 3.38. The molecule has 126 valence electrons. The van der Waals surface area contributed by atoms with Gasteiger partial charge in [0.2, 0.25) is 5.91 Å². The lowest BCUT2D eigenvalue weighted by Gasteiger charge is -2.31. The zero-order valence-electron chi connectivity index (χ0n) is 14.6. The van der Waals surface area contributed by atoms with Crippen molar-refractivity contribution in [3.05, 3.63) is 65.2 Å². The highest BCUT2D eigenvalue weighted by atomic mass is 16.1. The van der Waals surface area contributed by atoms with E-state index in [4.69, 9.17) is 0 Å². The molecule has 0 spiro atoms. The molecular formula is C21H26N2O. The van der Waals surface area contributed by atoms with Crippen molar-refractivity contribution in [1.29, 1.82) is 0 Å². The van der Waals surface area contributed by atoms with Crippen LogP contribution >= 0.6 is 0 Å². The quantitative estimate of drug-likeness (QED) is 0.917. The van der Waals surface area contributed by atoms with Crippen LogP contribution in [0.4, 0.5) is 5.69 Å². The number of piperidine rings is 1. The summed E-state index contributed by atoms with van der Waals surface area (Å²) >= 11 is 0. The topological polar surface area (TPSA) is 32.3 Å². The largest absolute Gasteiger partial charge is 0.326 e. The van der Waals surface area contributed by atoms with Crippen LogP contribution in [0.3, 0.4) is 0 Å². The van der Waals surface area contributed by atoms with E-state index < -0.39 is 0 Å². The van der Waals surface area contributed by atoms with E-state index in [9.17, 15) is 4.79 Å². The number of nitrogens with zero attached hydrogens (tertiary/aromatic N) is 1. The number of hydrogen-bond acceptors (Lipinski definition) is 2. The van der Waals surface area contributed by atoms with Crippen LogP contribution in [0.15, 0.2) is 48.5 Å². The third kappa shape index (κ3) is 4.24. The molecule has 24 heavy (non-hydrogen) atoms. The lowest BCUT2D eigenvalue weighted by Crippen LogP contribution is -2.37. The summed E-state index contributed by atoms with van der Waals surface area (Å²) in [5, 5.41) is 3.11. The lowest BCUT2D eigenvalue weighted by molar-refractivity contribution is -0.121. The standard InChI is InChI=1S/C21H26N2O/c1-16-8-9-20(17(2)14-16)22-21(24)19-10-12-23(13-11-19)15-18-6-4-3-5-7-18/h3-9,14,19H,10-13,15H2,1-2H3,(H,22,24). The van der Waals surface area contributed by atoms with Crippen molar-refractivity contribution in [1.82, 2.24) is 4.90 Å². The van der Waals surface area contributed by atoms with Crippen LogP contribution in [-0.4, -0.2) is 23.9 Å². The van der Waals surface area contributed by atoms with Gasteiger partial charge in [0.1, 0.15) is 0 Å². The maximum absolute atomic E-state index is 12.5. The highest BCUT2D eigenvalue weighted by Gasteiger charge is 2.25. The number of amides is 1. The van der Waals surface area contributed by atoms with Crippen molar-refractivity contribution in [3.63, 3.8) is 0 Å². The number of hydrogen-bond donors (Lipinski definition) is 1. The van der Waals surface area contributed by atoms with Gasteiger partial charge in [-0.05, 0) is 57.0 Å². The SMILES string of the molecule is Cc1ccc(NC(=O)C2CCN(Cc3ccccc3)CC2)c(C)c1. The summed E-state index contributed by atoms with van der Waals surface area (Å²) in [7, 11) is 0. The predicted molar refractivity (Wildman–Crippen MR) is 99.0 cm³/mol. The fourth-order valence-corrected chi connectivity index (χ4v) is 3.38. The summed E-state index contributed by atoms with van der Waals surface area (Å²) in [6.45, 7) is 7.07. The van der Waals surface area contributed by atoms with Crippen LogP contribution in [0, 0.1) is 19.8 Å². The Morgan fingerprint density at radius 2 is 1.79 bits per heavy atom. The minimum absolute atomic E-state index is 0.123. The zero-order chi connectivity index (χ0) is 16.9. The average molecular weight is 322 g/mol. The number of carbonyl (C=O) groups is 1. The molecule has 0 radical (unpaired) electrons. The molecule has 1 saturated heterocycles. The molecule has 0 aliphatic carbocycles. The summed E-state index contributed by atoms with van der Waals surface area (Å²) in [6.07, 6.45) is 1.87. The third-order valence-electron chi connectivity index (χ3n) is 4.85. The molecule has 2 aromatic rings. The Morgan fingerprint density at radius 1 is 1.08 bits per heavy atom. The predicted octanol–water partition coefficient (Wildman–Crippen LogP) is 4.15. The van der Waals surface area contributed by atoms with Gasteiger partial charge in [0.25, 0.3) is 0 Å². The molecule has 1 fully saturated rings. The molecule has 1 aliphatic rings. The van der Waals surface area contributed by atoms with E-state index in [1.54, 1.807) is 0 Å². The summed E-state index contributed by atoms with van der Waals surface area (Å²) in [4.78, 5) is 15.0. The van der Waals surface area contributed by atoms with E-state index in [2.05, 4.69) is 47.5 Å². The van der Waals surface area contributed by atoms with E-state index in [0.29, 0.717) is 0 Å². The van der Waals surface area contributed by atoms with E-state index in [-0.39, 0.29) is 11.8 Å². The van der Waals surface area contributed by atoms with Gasteiger partial charge < -0.3 is 5.32 Å². The van der Waals surface area contributed by atoms with Crippen LogP contribution < -0.4 is 5.32 Å². The first-order valence-electron chi connectivity index (χ1n) is 8.76. The Labute approximate surface area is 144 Å². The van der Waals surface area contributed by atoms with Crippen LogP contribution in [0.2, 0.25) is 0 Å². The maximum Gasteiger partial charge on any atom is 0.227 e. The Bertz CT molecular complexity index is 688. The minimum Gasteiger partial charge on any atom is -0.326 e. The van der Waals surface area contributed by atoms with E-state index in [1.165, 1.54) is 11.1 Å². The van der Waals surface area contributed by atoms with Crippen molar-refractivity contribution in [2.45, 2.75) is 33.2 Å². The van der Waals surface area contributed by atoms with Gasteiger partial charge in [-0.15, -0.1) is 0 Å². The normalized spacial score (nSPS) is 16.1. The van der Waals surface area contributed by atoms with Gasteiger partial charge in [-0.25, -0.2) is 0 Å². The first kappa shape index (κ1) is 16.7. The minimum atomic E-state index is 0.123. The molecule has 1 N–H and O–H groups in total. The van der Waals surface area contributed by atoms with Gasteiger partial charge >= 0.3 is 0 Å². The molecule has 2 aromatic carbocycles. The molecule has 1 amide bonds. The van der Waals surface area contributed by atoms with Crippen molar-refractivity contribution < 1.29 is 4.79 Å². The van der Waals surface area contributed by atoms with Crippen molar-refractivity contribution >= 4 is 11.6 Å². The van der Waals surface area contributed by atoms with Crippen molar-refractivity contribution in [3.8, 4) is 0 Å². The molecule has 3 heteroatoms. The second kappa shape index (κ2) is 7.63. The monoisotopic (exact) mass is 322 g/mol. The first-order chi connectivity index (χ1) is 11.6. The third-order valence-corrected chi connectivity index (χ3v) is 4.85. The average Bonchev–Trinajstić information content (AvgIpc) is 2.59. The van der Waals surface area contributed by atoms with Gasteiger partial charge in [0.05, 0.1) is 0 Å². The summed E-state index contributed by atoms with van der Waals surface area (Å²) in [5.41, 5.74) is 4.64. The smallest absolute Gasteiger partial charge is 0.227 e.